The van der Waals surface area contributed by atoms with E-state index in [9.17, 15) is 14.3 Å². The normalized spacial score (nSPS) is 20.8. The number of nitrogens with zero attached hydrogens (tertiary/aromatic N) is 2. The van der Waals surface area contributed by atoms with Crippen LogP contribution in [0.15, 0.2) is 18.2 Å². The Morgan fingerprint density at radius 3 is 2.85 bits per heavy atom. The number of β-amino-alcohol motifs (C(OH)–C–C–N with tert-alkyl or cyclic N) is 1. The van der Waals surface area contributed by atoms with Gasteiger partial charge in [0.1, 0.15) is 5.82 Å². The third-order valence-electron chi connectivity index (χ3n) is 3.74. The standard InChI is InChI=1S/C15H21FN2O2/c1-11-3-4-14(16)7-13(11)8-17-5-6-18(12(2)19)10-15(20)9-17/h3-4,7,15,20H,5-6,8-10H2,1-2H3/t15-/m0/s1. The number of hydrogen-bond donors (Lipinski definition) is 1. The number of amides is 1. The summed E-state index contributed by atoms with van der Waals surface area (Å²) >= 11 is 0. The molecule has 1 fully saturated rings. The summed E-state index contributed by atoms with van der Waals surface area (Å²) in [5.41, 5.74) is 1.96. The number of carbonyl (C=O) groups excluding carboxylic acids is 1. The molecule has 0 bridgehead atoms. The summed E-state index contributed by atoms with van der Waals surface area (Å²) in [5.74, 6) is -0.265. The van der Waals surface area contributed by atoms with Gasteiger partial charge in [-0.05, 0) is 30.2 Å². The SMILES string of the molecule is CC(=O)N1CCN(Cc2cc(F)ccc2C)C[C@H](O)C1. The molecule has 1 saturated heterocycles. The van der Waals surface area contributed by atoms with Crippen LogP contribution < -0.4 is 0 Å². The van der Waals surface area contributed by atoms with Crippen LogP contribution in [-0.4, -0.2) is 53.1 Å². The van der Waals surface area contributed by atoms with Gasteiger partial charge in [-0.25, -0.2) is 4.39 Å². The molecule has 0 aromatic heterocycles. The molecule has 1 aliphatic rings. The zero-order chi connectivity index (χ0) is 14.7. The van der Waals surface area contributed by atoms with Crippen molar-refractivity contribution in [1.82, 2.24) is 9.80 Å². The Morgan fingerprint density at radius 2 is 2.15 bits per heavy atom. The van der Waals surface area contributed by atoms with Gasteiger partial charge in [0.05, 0.1) is 6.10 Å². The van der Waals surface area contributed by atoms with Crippen molar-refractivity contribution in [2.24, 2.45) is 0 Å². The van der Waals surface area contributed by atoms with Crippen LogP contribution in [0.5, 0.6) is 0 Å². The third-order valence-corrected chi connectivity index (χ3v) is 3.74. The largest absolute Gasteiger partial charge is 0.390 e. The lowest BCUT2D eigenvalue weighted by Crippen LogP contribution is -2.36. The number of rotatable bonds is 2. The first-order valence-corrected chi connectivity index (χ1v) is 6.86. The van der Waals surface area contributed by atoms with Crippen LogP contribution in [0.1, 0.15) is 18.1 Å². The molecule has 110 valence electrons. The quantitative estimate of drug-likeness (QED) is 0.884. The molecule has 1 aromatic rings. The Balaban J connectivity index is 2.06. The molecule has 5 heteroatoms. The molecule has 1 aromatic carbocycles. The summed E-state index contributed by atoms with van der Waals surface area (Å²) in [7, 11) is 0. The van der Waals surface area contributed by atoms with Crippen LogP contribution in [0, 0.1) is 12.7 Å². The second-order valence-electron chi connectivity index (χ2n) is 5.42. The van der Waals surface area contributed by atoms with Crippen LogP contribution in [0.3, 0.4) is 0 Å². The lowest BCUT2D eigenvalue weighted by molar-refractivity contribution is -0.129. The molecule has 20 heavy (non-hydrogen) atoms. The highest BCUT2D eigenvalue weighted by Gasteiger charge is 2.22. The van der Waals surface area contributed by atoms with Crippen LogP contribution in [0.4, 0.5) is 4.39 Å². The van der Waals surface area contributed by atoms with E-state index in [-0.39, 0.29) is 11.7 Å². The molecular formula is C15H21FN2O2. The summed E-state index contributed by atoms with van der Waals surface area (Å²) in [6.07, 6.45) is -0.560. The second kappa shape index (κ2) is 6.33. The number of benzene rings is 1. The fraction of sp³-hybridized carbons (Fsp3) is 0.533. The average molecular weight is 280 g/mol. The fourth-order valence-corrected chi connectivity index (χ4v) is 2.54. The highest BCUT2D eigenvalue weighted by molar-refractivity contribution is 5.73. The van der Waals surface area contributed by atoms with Gasteiger partial charge in [-0.3, -0.25) is 9.69 Å². The Kier molecular flexibility index (Phi) is 4.73. The van der Waals surface area contributed by atoms with Gasteiger partial charge in [-0.2, -0.15) is 0 Å². The molecule has 0 radical (unpaired) electrons. The number of halogens is 1. The van der Waals surface area contributed by atoms with Gasteiger partial charge in [-0.1, -0.05) is 6.07 Å². The van der Waals surface area contributed by atoms with E-state index in [0.29, 0.717) is 32.7 Å². The highest BCUT2D eigenvalue weighted by Crippen LogP contribution is 2.15. The molecule has 1 atom stereocenters. The Bertz CT molecular complexity index is 493. The van der Waals surface area contributed by atoms with E-state index in [2.05, 4.69) is 4.90 Å². The molecule has 0 unspecified atom stereocenters. The molecule has 2 rings (SSSR count). The first-order valence-electron chi connectivity index (χ1n) is 6.86. The maximum absolute atomic E-state index is 13.3. The third kappa shape index (κ3) is 3.77. The maximum atomic E-state index is 13.3. The van der Waals surface area contributed by atoms with E-state index >= 15 is 0 Å². The molecule has 1 heterocycles. The van der Waals surface area contributed by atoms with Crippen molar-refractivity contribution in [2.45, 2.75) is 26.5 Å². The molecular weight excluding hydrogens is 259 g/mol. The predicted octanol–water partition coefficient (Wildman–Crippen LogP) is 1.16. The Labute approximate surface area is 118 Å². The van der Waals surface area contributed by atoms with Gasteiger partial charge in [0.25, 0.3) is 0 Å². The van der Waals surface area contributed by atoms with Crippen molar-refractivity contribution in [1.29, 1.82) is 0 Å². The highest BCUT2D eigenvalue weighted by atomic mass is 19.1. The van der Waals surface area contributed by atoms with Gasteiger partial charge in [-0.15, -0.1) is 0 Å². The number of hydrogen-bond acceptors (Lipinski definition) is 3. The molecule has 1 amide bonds. The van der Waals surface area contributed by atoms with E-state index in [1.54, 1.807) is 11.0 Å². The zero-order valence-corrected chi connectivity index (χ0v) is 12.0. The lowest BCUT2D eigenvalue weighted by Gasteiger charge is -2.22. The summed E-state index contributed by atoms with van der Waals surface area (Å²) in [6.45, 7) is 6.21. The number of carbonyl (C=O) groups is 1. The first kappa shape index (κ1) is 14.9. The minimum Gasteiger partial charge on any atom is -0.390 e. The topological polar surface area (TPSA) is 43.8 Å². The van der Waals surface area contributed by atoms with Crippen LogP contribution in [0.25, 0.3) is 0 Å². The smallest absolute Gasteiger partial charge is 0.219 e. The van der Waals surface area contributed by atoms with E-state index < -0.39 is 6.10 Å². The van der Waals surface area contributed by atoms with Gasteiger partial charge in [0, 0.05) is 39.6 Å². The van der Waals surface area contributed by atoms with Crippen molar-refractivity contribution in [3.63, 3.8) is 0 Å². The van der Waals surface area contributed by atoms with Crippen molar-refractivity contribution >= 4 is 5.91 Å². The first-order chi connectivity index (χ1) is 9.45. The van der Waals surface area contributed by atoms with Crippen molar-refractivity contribution < 1.29 is 14.3 Å². The van der Waals surface area contributed by atoms with E-state index in [1.807, 2.05) is 6.92 Å². The van der Waals surface area contributed by atoms with E-state index in [0.717, 1.165) is 11.1 Å². The van der Waals surface area contributed by atoms with Crippen LogP contribution in [-0.2, 0) is 11.3 Å². The molecule has 1 aliphatic heterocycles. The summed E-state index contributed by atoms with van der Waals surface area (Å²) < 4.78 is 13.3. The molecule has 0 saturated carbocycles. The summed E-state index contributed by atoms with van der Waals surface area (Å²) in [6, 6.07) is 4.75. The van der Waals surface area contributed by atoms with Crippen LogP contribution in [0.2, 0.25) is 0 Å². The Hall–Kier alpha value is -1.46. The van der Waals surface area contributed by atoms with Crippen molar-refractivity contribution in [3.05, 3.63) is 35.1 Å². The van der Waals surface area contributed by atoms with Gasteiger partial charge in [0.15, 0.2) is 0 Å². The van der Waals surface area contributed by atoms with Gasteiger partial charge in [0.2, 0.25) is 5.91 Å². The van der Waals surface area contributed by atoms with Gasteiger partial charge >= 0.3 is 0 Å². The van der Waals surface area contributed by atoms with Gasteiger partial charge < -0.3 is 10.0 Å². The second-order valence-corrected chi connectivity index (χ2v) is 5.42. The van der Waals surface area contributed by atoms with E-state index in [4.69, 9.17) is 0 Å². The number of aliphatic hydroxyl groups is 1. The average Bonchev–Trinajstić information content (AvgIpc) is 2.55. The lowest BCUT2D eigenvalue weighted by atomic mass is 10.1. The monoisotopic (exact) mass is 280 g/mol. The maximum Gasteiger partial charge on any atom is 0.219 e. The van der Waals surface area contributed by atoms with Crippen molar-refractivity contribution in [3.8, 4) is 0 Å². The molecule has 0 aliphatic carbocycles. The van der Waals surface area contributed by atoms with E-state index in [1.165, 1.54) is 19.1 Å². The zero-order valence-electron chi connectivity index (χ0n) is 12.0. The number of aryl methyl sites for hydroxylation is 1. The molecule has 0 spiro atoms. The fourth-order valence-electron chi connectivity index (χ4n) is 2.54. The minimum absolute atomic E-state index is 0.0205. The number of aliphatic hydroxyl groups excluding tert-OH is 1. The summed E-state index contributed by atoms with van der Waals surface area (Å²) in [4.78, 5) is 15.1. The summed E-state index contributed by atoms with van der Waals surface area (Å²) in [5, 5.41) is 9.97. The molecule has 1 N–H and O–H groups in total. The molecule has 4 nitrogen and oxygen atoms in total. The Morgan fingerprint density at radius 1 is 1.40 bits per heavy atom. The predicted molar refractivity (Wildman–Crippen MR) is 74.7 cm³/mol. The van der Waals surface area contributed by atoms with Crippen molar-refractivity contribution in [2.75, 3.05) is 26.2 Å². The minimum atomic E-state index is -0.560. The van der Waals surface area contributed by atoms with Crippen LogP contribution >= 0.6 is 0 Å².